The molecule has 1 fully saturated rings. The monoisotopic (exact) mass is 267 g/mol. The van der Waals surface area contributed by atoms with Crippen molar-refractivity contribution in [3.8, 4) is 5.75 Å². The highest BCUT2D eigenvalue weighted by Gasteiger charge is 2.28. The molecule has 0 radical (unpaired) electrons. The van der Waals surface area contributed by atoms with Crippen molar-refractivity contribution in [3.05, 3.63) is 29.6 Å². The van der Waals surface area contributed by atoms with E-state index < -0.39 is 0 Å². The maximum Gasteiger partial charge on any atom is 0.310 e. The quantitative estimate of drug-likeness (QED) is 0.780. The van der Waals surface area contributed by atoms with E-state index in [9.17, 15) is 9.18 Å². The number of likely N-dealkylation sites (tertiary alicyclic amines) is 1. The van der Waals surface area contributed by atoms with Crippen LogP contribution in [0.3, 0.4) is 0 Å². The van der Waals surface area contributed by atoms with Gasteiger partial charge in [-0.3, -0.25) is 9.69 Å². The summed E-state index contributed by atoms with van der Waals surface area (Å²) in [4.78, 5) is 13.6. The lowest BCUT2D eigenvalue weighted by molar-refractivity contribution is -0.144. The average molecular weight is 267 g/mol. The maximum atomic E-state index is 13.6. The van der Waals surface area contributed by atoms with Gasteiger partial charge in [-0.1, -0.05) is 6.07 Å². The zero-order valence-electron chi connectivity index (χ0n) is 11.2. The van der Waals surface area contributed by atoms with Gasteiger partial charge < -0.3 is 9.47 Å². The van der Waals surface area contributed by atoms with E-state index in [4.69, 9.17) is 9.47 Å². The summed E-state index contributed by atoms with van der Waals surface area (Å²) in [5.41, 5.74) is 0.879. The second-order valence-electron chi connectivity index (χ2n) is 4.71. The molecule has 0 spiro atoms. The molecule has 19 heavy (non-hydrogen) atoms. The van der Waals surface area contributed by atoms with E-state index in [0.717, 1.165) is 18.5 Å². The Morgan fingerprint density at radius 1 is 1.47 bits per heavy atom. The number of carbonyl (C=O) groups excluding carboxylic acids is 1. The molecule has 4 nitrogen and oxygen atoms in total. The lowest BCUT2D eigenvalue weighted by Crippen LogP contribution is -2.23. The van der Waals surface area contributed by atoms with Crippen LogP contribution in [-0.2, 0) is 16.1 Å². The van der Waals surface area contributed by atoms with E-state index in [-0.39, 0.29) is 23.5 Å². The van der Waals surface area contributed by atoms with Gasteiger partial charge >= 0.3 is 5.97 Å². The van der Waals surface area contributed by atoms with Crippen LogP contribution in [0.1, 0.15) is 12.0 Å². The number of benzene rings is 1. The fraction of sp³-hybridized carbons (Fsp3) is 0.500. The first kappa shape index (κ1) is 13.8. The van der Waals surface area contributed by atoms with Gasteiger partial charge in [-0.15, -0.1) is 0 Å². The molecule has 0 N–H and O–H groups in total. The number of esters is 1. The van der Waals surface area contributed by atoms with Crippen LogP contribution in [0, 0.1) is 11.7 Å². The molecule has 0 amide bonds. The minimum atomic E-state index is -0.358. The fourth-order valence-corrected chi connectivity index (χ4v) is 2.40. The summed E-state index contributed by atoms with van der Waals surface area (Å²) in [6.07, 6.45) is 0.797. The van der Waals surface area contributed by atoms with Crippen LogP contribution in [0.15, 0.2) is 18.2 Å². The van der Waals surface area contributed by atoms with Crippen molar-refractivity contribution < 1.29 is 18.7 Å². The van der Waals surface area contributed by atoms with Gasteiger partial charge in [0.05, 0.1) is 20.1 Å². The Morgan fingerprint density at radius 3 is 2.89 bits per heavy atom. The molecular formula is C14H18FNO3. The third-order valence-electron chi connectivity index (χ3n) is 3.43. The molecule has 0 saturated carbocycles. The summed E-state index contributed by atoms with van der Waals surface area (Å²) in [5, 5.41) is 0. The topological polar surface area (TPSA) is 38.8 Å². The number of hydrogen-bond acceptors (Lipinski definition) is 4. The number of carbonyl (C=O) groups is 1. The van der Waals surface area contributed by atoms with Crippen LogP contribution < -0.4 is 4.74 Å². The molecule has 1 unspecified atom stereocenters. The molecule has 5 heteroatoms. The van der Waals surface area contributed by atoms with Crippen LogP contribution in [0.5, 0.6) is 5.75 Å². The molecule has 1 atom stereocenters. The first-order chi connectivity index (χ1) is 9.13. The first-order valence-electron chi connectivity index (χ1n) is 6.26. The van der Waals surface area contributed by atoms with Crippen molar-refractivity contribution in [2.45, 2.75) is 13.0 Å². The van der Waals surface area contributed by atoms with Crippen LogP contribution in [-0.4, -0.2) is 38.2 Å². The molecule has 1 saturated heterocycles. The number of rotatable bonds is 4. The normalized spacial score (nSPS) is 19.4. The number of methoxy groups -OCH3 is 2. The second kappa shape index (κ2) is 6.02. The number of ether oxygens (including phenoxy) is 2. The van der Waals surface area contributed by atoms with Crippen LogP contribution in [0.25, 0.3) is 0 Å². The SMILES string of the molecule is COC(=O)C1CCN(Cc2ccc(OC)c(F)c2)C1. The first-order valence-corrected chi connectivity index (χ1v) is 6.26. The van der Waals surface area contributed by atoms with E-state index in [0.29, 0.717) is 13.1 Å². The van der Waals surface area contributed by atoms with Crippen molar-refractivity contribution >= 4 is 5.97 Å². The van der Waals surface area contributed by atoms with Crippen molar-refractivity contribution in [3.63, 3.8) is 0 Å². The highest BCUT2D eigenvalue weighted by molar-refractivity contribution is 5.72. The summed E-state index contributed by atoms with van der Waals surface area (Å²) < 4.78 is 23.2. The van der Waals surface area contributed by atoms with Crippen LogP contribution in [0.2, 0.25) is 0 Å². The lowest BCUT2D eigenvalue weighted by atomic mass is 10.1. The molecule has 1 aliphatic heterocycles. The van der Waals surface area contributed by atoms with Crippen molar-refractivity contribution in [2.24, 2.45) is 5.92 Å². The molecule has 1 aromatic rings. The van der Waals surface area contributed by atoms with Crippen molar-refractivity contribution in [2.75, 3.05) is 27.3 Å². The van der Waals surface area contributed by atoms with Gasteiger partial charge in [-0.2, -0.15) is 0 Å². The molecule has 0 aliphatic carbocycles. The van der Waals surface area contributed by atoms with Gasteiger partial charge in [0.15, 0.2) is 11.6 Å². The maximum absolute atomic E-state index is 13.6. The summed E-state index contributed by atoms with van der Waals surface area (Å²) >= 11 is 0. The summed E-state index contributed by atoms with van der Waals surface area (Å²) in [7, 11) is 2.85. The van der Waals surface area contributed by atoms with E-state index in [1.807, 2.05) is 6.07 Å². The molecule has 1 heterocycles. The number of hydrogen-bond donors (Lipinski definition) is 0. The Labute approximate surface area is 112 Å². The lowest BCUT2D eigenvalue weighted by Gasteiger charge is -2.16. The largest absolute Gasteiger partial charge is 0.494 e. The van der Waals surface area contributed by atoms with Gasteiger partial charge in [0.25, 0.3) is 0 Å². The molecule has 104 valence electrons. The van der Waals surface area contributed by atoms with E-state index >= 15 is 0 Å². The van der Waals surface area contributed by atoms with E-state index in [1.54, 1.807) is 6.07 Å². The predicted molar refractivity (Wildman–Crippen MR) is 68.4 cm³/mol. The summed E-state index contributed by atoms with van der Waals surface area (Å²) in [6, 6.07) is 4.94. The Bertz CT molecular complexity index is 464. The molecule has 1 aliphatic rings. The van der Waals surface area contributed by atoms with E-state index in [1.165, 1.54) is 20.3 Å². The third kappa shape index (κ3) is 3.23. The predicted octanol–water partition coefficient (Wildman–Crippen LogP) is 1.83. The molecule has 0 bridgehead atoms. The van der Waals surface area contributed by atoms with Gasteiger partial charge in [0, 0.05) is 13.1 Å². The number of nitrogens with zero attached hydrogens (tertiary/aromatic N) is 1. The van der Waals surface area contributed by atoms with Crippen LogP contribution >= 0.6 is 0 Å². The smallest absolute Gasteiger partial charge is 0.310 e. The zero-order chi connectivity index (χ0) is 13.8. The minimum absolute atomic E-state index is 0.0619. The Hall–Kier alpha value is -1.62. The highest BCUT2D eigenvalue weighted by Crippen LogP contribution is 2.22. The highest BCUT2D eigenvalue weighted by atomic mass is 19.1. The standard InChI is InChI=1S/C14H18FNO3/c1-18-13-4-3-10(7-12(13)15)8-16-6-5-11(9-16)14(17)19-2/h3-4,7,11H,5-6,8-9H2,1-2H3. The fourth-order valence-electron chi connectivity index (χ4n) is 2.40. The Kier molecular flexibility index (Phi) is 4.37. The Balaban J connectivity index is 1.95. The summed E-state index contributed by atoms with van der Waals surface area (Å²) in [5.74, 6) is -0.335. The summed E-state index contributed by atoms with van der Waals surface area (Å²) in [6.45, 7) is 2.13. The Morgan fingerprint density at radius 2 is 2.26 bits per heavy atom. The molecule has 2 rings (SSSR count). The van der Waals surface area contributed by atoms with Gasteiger partial charge in [0.2, 0.25) is 0 Å². The number of halogens is 1. The van der Waals surface area contributed by atoms with Gasteiger partial charge in [0.1, 0.15) is 0 Å². The van der Waals surface area contributed by atoms with Crippen molar-refractivity contribution in [1.82, 2.24) is 4.90 Å². The zero-order valence-corrected chi connectivity index (χ0v) is 11.2. The third-order valence-corrected chi connectivity index (χ3v) is 3.43. The van der Waals surface area contributed by atoms with Gasteiger partial charge in [-0.05, 0) is 30.7 Å². The molecule has 1 aromatic carbocycles. The molecular weight excluding hydrogens is 249 g/mol. The second-order valence-corrected chi connectivity index (χ2v) is 4.71. The van der Waals surface area contributed by atoms with Crippen molar-refractivity contribution in [1.29, 1.82) is 0 Å². The minimum Gasteiger partial charge on any atom is -0.494 e. The van der Waals surface area contributed by atoms with E-state index in [2.05, 4.69) is 4.90 Å². The van der Waals surface area contributed by atoms with Gasteiger partial charge in [-0.25, -0.2) is 4.39 Å². The van der Waals surface area contributed by atoms with Crippen LogP contribution in [0.4, 0.5) is 4.39 Å². The molecule has 0 aromatic heterocycles. The average Bonchev–Trinajstić information content (AvgIpc) is 2.86.